The number of para-hydroxylation sites is 1. The molecule has 1 amide bonds. The Balaban J connectivity index is 1.28. The Morgan fingerprint density at radius 2 is 1.95 bits per heavy atom. The van der Waals surface area contributed by atoms with Crippen molar-refractivity contribution in [2.45, 2.75) is 45.3 Å². The van der Waals surface area contributed by atoms with E-state index in [-0.39, 0.29) is 36.4 Å². The number of nitrogens with one attached hydrogen (secondary N) is 1. The van der Waals surface area contributed by atoms with Crippen LogP contribution in [-0.4, -0.2) is 34.3 Å². The van der Waals surface area contributed by atoms with Crippen molar-refractivity contribution in [2.75, 3.05) is 23.3 Å². The van der Waals surface area contributed by atoms with Gasteiger partial charge in [-0.25, -0.2) is 4.39 Å². The molecule has 1 aliphatic rings. The second kappa shape index (κ2) is 11.1. The van der Waals surface area contributed by atoms with Crippen LogP contribution in [0.3, 0.4) is 0 Å². The van der Waals surface area contributed by atoms with Gasteiger partial charge >= 0.3 is 6.18 Å². The fourth-order valence-electron chi connectivity index (χ4n) is 5.01. The van der Waals surface area contributed by atoms with Crippen LogP contribution < -0.4 is 10.2 Å². The smallest absolute Gasteiger partial charge is 0.420 e. The minimum absolute atomic E-state index is 0.0994. The van der Waals surface area contributed by atoms with Gasteiger partial charge in [-0.15, -0.1) is 0 Å². The number of carbonyl (C=O) groups is 2. The monoisotopic (exact) mass is 556 g/mol. The molecule has 1 N–H and O–H groups in total. The standard InChI is InChI=1S/C29H28F4N4O3/c1-18-5-4-12-37(17-18)28-35-27(29(31,32)33)26(40-28)24(38)16-19-8-9-23-20(15-19)10-13-36(23)14-11-25(39)34-22-7-3-2-6-21(22)30/h2-3,6-10,13,15,18H,4-5,11-12,14,16-17H2,1H3,(H,34,39). The van der Waals surface area contributed by atoms with Crippen LogP contribution in [0.15, 0.2) is 59.1 Å². The maximum Gasteiger partial charge on any atom is 0.437 e. The molecule has 0 spiro atoms. The first-order valence-electron chi connectivity index (χ1n) is 13.1. The summed E-state index contributed by atoms with van der Waals surface area (Å²) in [7, 11) is 0. The van der Waals surface area contributed by atoms with E-state index in [4.69, 9.17) is 4.42 Å². The molecule has 1 saturated heterocycles. The van der Waals surface area contributed by atoms with E-state index in [2.05, 4.69) is 10.3 Å². The van der Waals surface area contributed by atoms with Gasteiger partial charge in [0.2, 0.25) is 17.5 Å². The molecule has 0 radical (unpaired) electrons. The van der Waals surface area contributed by atoms with Crippen molar-refractivity contribution < 1.29 is 31.6 Å². The first kappa shape index (κ1) is 27.4. The van der Waals surface area contributed by atoms with Gasteiger partial charge in [-0.3, -0.25) is 9.59 Å². The molecule has 0 aliphatic carbocycles. The summed E-state index contributed by atoms with van der Waals surface area (Å²) in [6.45, 7) is 3.38. The summed E-state index contributed by atoms with van der Waals surface area (Å²) in [5, 5.41) is 3.31. The number of fused-ring (bicyclic) bond motifs is 1. The average molecular weight is 557 g/mol. The van der Waals surface area contributed by atoms with Gasteiger partial charge in [0.05, 0.1) is 5.69 Å². The molecule has 4 aromatic rings. The molecular formula is C29H28F4N4O3. The van der Waals surface area contributed by atoms with E-state index < -0.39 is 29.2 Å². The largest absolute Gasteiger partial charge is 0.437 e. The Labute approximate surface area is 227 Å². The molecule has 2 aromatic heterocycles. The van der Waals surface area contributed by atoms with Crippen molar-refractivity contribution in [1.82, 2.24) is 9.55 Å². The quantitative estimate of drug-likeness (QED) is 0.199. The summed E-state index contributed by atoms with van der Waals surface area (Å²) in [5.41, 5.74) is 0.112. The highest BCUT2D eigenvalue weighted by Gasteiger charge is 2.42. The van der Waals surface area contributed by atoms with Crippen LogP contribution in [-0.2, 0) is 23.9 Å². The number of anilines is 2. The van der Waals surface area contributed by atoms with Crippen molar-refractivity contribution in [2.24, 2.45) is 5.92 Å². The first-order valence-corrected chi connectivity index (χ1v) is 13.1. The van der Waals surface area contributed by atoms with Gasteiger partial charge in [-0.2, -0.15) is 18.2 Å². The zero-order chi connectivity index (χ0) is 28.4. The molecule has 5 rings (SSSR count). The van der Waals surface area contributed by atoms with Gasteiger partial charge in [-0.1, -0.05) is 25.1 Å². The molecule has 210 valence electrons. The number of Topliss-reactive ketones (excluding diaryl/α,β-unsaturated/α-hetero) is 1. The lowest BCUT2D eigenvalue weighted by Crippen LogP contribution is -2.34. The third-order valence-corrected chi connectivity index (χ3v) is 6.99. The highest BCUT2D eigenvalue weighted by atomic mass is 19.4. The van der Waals surface area contributed by atoms with Gasteiger partial charge in [0, 0.05) is 44.2 Å². The number of carbonyl (C=O) groups excluding carboxylic acids is 2. The summed E-state index contributed by atoms with van der Waals surface area (Å²) in [4.78, 5) is 30.6. The normalized spacial score (nSPS) is 15.9. The van der Waals surface area contributed by atoms with Crippen LogP contribution in [0.4, 0.5) is 29.3 Å². The molecule has 7 nitrogen and oxygen atoms in total. The summed E-state index contributed by atoms with van der Waals surface area (Å²) in [6, 6.07) is 12.7. The Hall–Kier alpha value is -4.15. The van der Waals surface area contributed by atoms with Crippen LogP contribution >= 0.6 is 0 Å². The number of aryl methyl sites for hydroxylation is 1. The molecule has 1 fully saturated rings. The lowest BCUT2D eigenvalue weighted by Gasteiger charge is -2.29. The fourth-order valence-corrected chi connectivity index (χ4v) is 5.01. The molecule has 0 saturated carbocycles. The van der Waals surface area contributed by atoms with E-state index in [9.17, 15) is 27.2 Å². The highest BCUT2D eigenvalue weighted by Crippen LogP contribution is 2.35. The number of oxazole rings is 1. The lowest BCUT2D eigenvalue weighted by molar-refractivity contribution is -0.141. The first-order chi connectivity index (χ1) is 19.1. The molecular weight excluding hydrogens is 528 g/mol. The van der Waals surface area contributed by atoms with Crippen molar-refractivity contribution in [3.8, 4) is 0 Å². The Bertz CT molecular complexity index is 1540. The number of hydrogen-bond donors (Lipinski definition) is 1. The second-order valence-electron chi connectivity index (χ2n) is 10.1. The Morgan fingerprint density at radius 1 is 1.15 bits per heavy atom. The van der Waals surface area contributed by atoms with Crippen molar-refractivity contribution in [1.29, 1.82) is 0 Å². The number of aromatic nitrogens is 2. The van der Waals surface area contributed by atoms with Crippen molar-refractivity contribution >= 4 is 34.3 Å². The van der Waals surface area contributed by atoms with Crippen molar-refractivity contribution in [3.63, 3.8) is 0 Å². The summed E-state index contributed by atoms with van der Waals surface area (Å²) in [6.07, 6.45) is -1.46. The highest BCUT2D eigenvalue weighted by molar-refractivity contribution is 5.97. The molecule has 1 unspecified atom stereocenters. The van der Waals surface area contributed by atoms with Crippen molar-refractivity contribution in [3.05, 3.63) is 77.6 Å². The van der Waals surface area contributed by atoms with Crippen LogP contribution in [0.25, 0.3) is 10.9 Å². The number of ketones is 1. The van der Waals surface area contributed by atoms with E-state index in [1.165, 1.54) is 18.2 Å². The number of nitrogens with zero attached hydrogens (tertiary/aromatic N) is 3. The van der Waals surface area contributed by atoms with Gasteiger partial charge in [-0.05, 0) is 60.0 Å². The zero-order valence-corrected chi connectivity index (χ0v) is 21.8. The fraction of sp³-hybridized carbons (Fsp3) is 0.345. The summed E-state index contributed by atoms with van der Waals surface area (Å²) in [5.74, 6) is -2.16. The summed E-state index contributed by atoms with van der Waals surface area (Å²) < 4.78 is 62.3. The van der Waals surface area contributed by atoms with E-state index in [0.29, 0.717) is 25.2 Å². The molecule has 11 heteroatoms. The number of amides is 1. The third kappa shape index (κ3) is 6.03. The molecule has 0 bridgehead atoms. The minimum Gasteiger partial charge on any atom is -0.420 e. The predicted octanol–water partition coefficient (Wildman–Crippen LogP) is 6.48. The molecule has 3 heterocycles. The van der Waals surface area contributed by atoms with Gasteiger partial charge in [0.1, 0.15) is 5.82 Å². The number of piperidine rings is 1. The third-order valence-electron chi connectivity index (χ3n) is 6.99. The van der Waals surface area contributed by atoms with E-state index in [1.54, 1.807) is 41.4 Å². The number of alkyl halides is 3. The van der Waals surface area contributed by atoms with Crippen LogP contribution in [0.2, 0.25) is 0 Å². The maximum atomic E-state index is 13.8. The molecule has 40 heavy (non-hydrogen) atoms. The van der Waals surface area contributed by atoms with Crippen LogP contribution in [0.5, 0.6) is 0 Å². The maximum absolute atomic E-state index is 13.8. The Kier molecular flexibility index (Phi) is 7.64. The number of benzene rings is 2. The molecule has 1 atom stereocenters. The van der Waals surface area contributed by atoms with Crippen LogP contribution in [0, 0.1) is 11.7 Å². The van der Waals surface area contributed by atoms with E-state index in [0.717, 1.165) is 23.7 Å². The average Bonchev–Trinajstić information content (AvgIpc) is 3.54. The van der Waals surface area contributed by atoms with Gasteiger partial charge in [0.25, 0.3) is 6.01 Å². The second-order valence-corrected chi connectivity index (χ2v) is 10.1. The zero-order valence-electron chi connectivity index (χ0n) is 21.8. The molecule has 1 aliphatic heterocycles. The van der Waals surface area contributed by atoms with E-state index >= 15 is 0 Å². The SMILES string of the molecule is CC1CCCN(c2nc(C(F)(F)F)c(C(=O)Cc3ccc4c(ccn4CCC(=O)Nc4ccccc4F)c3)o2)C1. The van der Waals surface area contributed by atoms with E-state index in [1.807, 2.05) is 11.5 Å². The van der Waals surface area contributed by atoms with Gasteiger partial charge in [0.15, 0.2) is 5.69 Å². The van der Waals surface area contributed by atoms with Crippen LogP contribution in [0.1, 0.15) is 48.0 Å². The summed E-state index contributed by atoms with van der Waals surface area (Å²) >= 11 is 0. The Morgan fingerprint density at radius 3 is 2.70 bits per heavy atom. The topological polar surface area (TPSA) is 80.4 Å². The van der Waals surface area contributed by atoms with Gasteiger partial charge < -0.3 is 19.2 Å². The molecule has 2 aromatic carbocycles. The predicted molar refractivity (Wildman–Crippen MR) is 142 cm³/mol. The number of halogens is 4. The number of hydrogen-bond acceptors (Lipinski definition) is 5. The lowest BCUT2D eigenvalue weighted by atomic mass is 10.0. The minimum atomic E-state index is -4.83. The number of rotatable bonds is 8.